The van der Waals surface area contributed by atoms with Gasteiger partial charge in [-0.2, -0.15) is 0 Å². The van der Waals surface area contributed by atoms with Crippen LogP contribution in [0.2, 0.25) is 0 Å². The van der Waals surface area contributed by atoms with Gasteiger partial charge in [0.05, 0.1) is 5.70 Å². The van der Waals surface area contributed by atoms with Crippen LogP contribution in [0, 0.1) is 5.41 Å². The molecule has 0 radical (unpaired) electrons. The van der Waals surface area contributed by atoms with Crippen molar-refractivity contribution >= 4 is 5.91 Å². The van der Waals surface area contributed by atoms with Crippen LogP contribution in [0.25, 0.3) is 0 Å². The van der Waals surface area contributed by atoms with Gasteiger partial charge in [-0.1, -0.05) is 32.9 Å². The lowest BCUT2D eigenvalue weighted by molar-refractivity contribution is -0.116. The molecule has 1 amide bonds. The highest BCUT2D eigenvalue weighted by atomic mass is 16.1. The topological polar surface area (TPSA) is 61.6 Å². The fourth-order valence-electron chi connectivity index (χ4n) is 2.71. The standard InChI is InChI=1S/C22H38N4O/c1-7-24-21(27)12-11-18-9-8-10-20(19(23)17-18)26(6)16-15-25(5)14-13-22(2,3)4/h8-9,11-12,17H,7,10,13-16,23H2,1-6H3,(H,24,27)/b12-11+. The third-order valence-electron chi connectivity index (χ3n) is 4.58. The predicted octanol–water partition coefficient (Wildman–Crippen LogP) is 3.04. The Labute approximate surface area is 165 Å². The summed E-state index contributed by atoms with van der Waals surface area (Å²) in [7, 11) is 4.27. The highest BCUT2D eigenvalue weighted by Gasteiger charge is 2.13. The molecule has 1 aliphatic rings. The normalized spacial score (nSPS) is 15.3. The number of rotatable bonds is 9. The van der Waals surface area contributed by atoms with Crippen molar-refractivity contribution in [2.75, 3.05) is 40.3 Å². The van der Waals surface area contributed by atoms with Crippen LogP contribution in [0.15, 0.2) is 47.3 Å². The summed E-state index contributed by atoms with van der Waals surface area (Å²) in [5.41, 5.74) is 9.51. The largest absolute Gasteiger partial charge is 0.397 e. The second kappa shape index (κ2) is 11.0. The number of nitrogens with two attached hydrogens (primary N) is 1. The smallest absolute Gasteiger partial charge is 0.243 e. The molecule has 0 saturated heterocycles. The molecule has 3 N–H and O–H groups in total. The van der Waals surface area contributed by atoms with Gasteiger partial charge in [0.25, 0.3) is 0 Å². The van der Waals surface area contributed by atoms with Crippen molar-refractivity contribution in [1.29, 1.82) is 0 Å². The molecule has 27 heavy (non-hydrogen) atoms. The lowest BCUT2D eigenvalue weighted by Crippen LogP contribution is -2.33. The third-order valence-corrected chi connectivity index (χ3v) is 4.58. The molecule has 0 aromatic carbocycles. The number of likely N-dealkylation sites (N-methyl/N-ethyl adjacent to an activating group) is 3. The summed E-state index contributed by atoms with van der Waals surface area (Å²) in [5.74, 6) is -0.0887. The van der Waals surface area contributed by atoms with Crippen LogP contribution >= 0.6 is 0 Å². The molecule has 152 valence electrons. The first kappa shape index (κ1) is 23.0. The fraction of sp³-hybridized carbons (Fsp3) is 0.591. The van der Waals surface area contributed by atoms with Crippen molar-refractivity contribution in [1.82, 2.24) is 15.1 Å². The molecule has 0 saturated carbocycles. The molecule has 5 nitrogen and oxygen atoms in total. The van der Waals surface area contributed by atoms with Gasteiger partial charge in [-0.25, -0.2) is 0 Å². The van der Waals surface area contributed by atoms with Crippen molar-refractivity contribution < 1.29 is 4.79 Å². The molecule has 5 heteroatoms. The van der Waals surface area contributed by atoms with E-state index in [4.69, 9.17) is 5.73 Å². The molecule has 0 unspecified atom stereocenters. The highest BCUT2D eigenvalue weighted by molar-refractivity contribution is 5.88. The molecular weight excluding hydrogens is 336 g/mol. The van der Waals surface area contributed by atoms with Crippen LogP contribution in [-0.2, 0) is 4.79 Å². The number of carbonyl (C=O) groups excluding carboxylic acids is 1. The van der Waals surface area contributed by atoms with Crippen molar-refractivity contribution in [2.45, 2.75) is 40.5 Å². The summed E-state index contributed by atoms with van der Waals surface area (Å²) in [5, 5.41) is 2.75. The van der Waals surface area contributed by atoms with E-state index in [0.717, 1.165) is 43.0 Å². The molecule has 0 aromatic heterocycles. The van der Waals surface area contributed by atoms with Gasteiger partial charge in [0.15, 0.2) is 0 Å². The summed E-state index contributed by atoms with van der Waals surface area (Å²) in [6.07, 6.45) is 11.4. The monoisotopic (exact) mass is 374 g/mol. The zero-order valence-electron chi connectivity index (χ0n) is 18.0. The molecule has 0 atom stereocenters. The van der Waals surface area contributed by atoms with E-state index < -0.39 is 0 Å². The zero-order chi connectivity index (χ0) is 20.4. The number of hydrogen-bond acceptors (Lipinski definition) is 4. The molecule has 1 rings (SSSR count). The molecule has 0 aromatic rings. The Kier molecular flexibility index (Phi) is 9.36. The van der Waals surface area contributed by atoms with Gasteiger partial charge >= 0.3 is 0 Å². The second-order valence-corrected chi connectivity index (χ2v) is 8.42. The van der Waals surface area contributed by atoms with Crippen LogP contribution in [0.4, 0.5) is 0 Å². The van der Waals surface area contributed by atoms with Gasteiger partial charge in [-0.15, -0.1) is 0 Å². The molecular formula is C22H38N4O. The van der Waals surface area contributed by atoms with Crippen molar-refractivity contribution in [3.63, 3.8) is 0 Å². The lowest BCUT2D eigenvalue weighted by atomic mass is 9.92. The Morgan fingerprint density at radius 3 is 2.59 bits per heavy atom. The highest BCUT2D eigenvalue weighted by Crippen LogP contribution is 2.20. The van der Waals surface area contributed by atoms with E-state index in [0.29, 0.717) is 12.0 Å². The average Bonchev–Trinajstić information content (AvgIpc) is 2.77. The first-order chi connectivity index (χ1) is 12.6. The van der Waals surface area contributed by atoms with Crippen LogP contribution in [0.5, 0.6) is 0 Å². The Morgan fingerprint density at radius 1 is 1.26 bits per heavy atom. The maximum Gasteiger partial charge on any atom is 0.243 e. The van der Waals surface area contributed by atoms with Crippen molar-refractivity contribution in [2.24, 2.45) is 11.1 Å². The Hall–Kier alpha value is -2.01. The quantitative estimate of drug-likeness (QED) is 0.609. The number of nitrogens with zero attached hydrogens (tertiary/aromatic N) is 2. The number of amides is 1. The summed E-state index contributed by atoms with van der Waals surface area (Å²) < 4.78 is 0. The van der Waals surface area contributed by atoms with Crippen LogP contribution in [0.3, 0.4) is 0 Å². The average molecular weight is 375 g/mol. The number of hydrogen-bond donors (Lipinski definition) is 2. The number of nitrogens with one attached hydrogen (secondary N) is 1. The van der Waals surface area contributed by atoms with Gasteiger partial charge in [0, 0.05) is 44.9 Å². The number of allylic oxidation sites excluding steroid dienone is 5. The summed E-state index contributed by atoms with van der Waals surface area (Å²) in [4.78, 5) is 16.2. The van der Waals surface area contributed by atoms with E-state index >= 15 is 0 Å². The zero-order valence-corrected chi connectivity index (χ0v) is 18.0. The van der Waals surface area contributed by atoms with Gasteiger partial charge in [0.1, 0.15) is 0 Å². The summed E-state index contributed by atoms with van der Waals surface area (Å²) in [6.45, 7) is 12.4. The maximum absolute atomic E-state index is 11.6. The van der Waals surface area contributed by atoms with Crippen LogP contribution in [-0.4, -0.2) is 56.0 Å². The van der Waals surface area contributed by atoms with E-state index in [1.165, 1.54) is 6.42 Å². The molecule has 0 spiro atoms. The Bertz CT molecular complexity index is 608. The summed E-state index contributed by atoms with van der Waals surface area (Å²) >= 11 is 0. The number of carbonyl (C=O) groups is 1. The van der Waals surface area contributed by atoms with E-state index in [1.54, 1.807) is 12.2 Å². The molecule has 0 fully saturated rings. The minimum atomic E-state index is -0.0887. The van der Waals surface area contributed by atoms with E-state index in [9.17, 15) is 4.79 Å². The van der Waals surface area contributed by atoms with Crippen LogP contribution in [0.1, 0.15) is 40.5 Å². The SMILES string of the molecule is CCNC(=O)/C=C/C1=CC(N)=C(N(C)CCN(C)CCC(C)(C)C)CC=C1. The molecule has 0 aliphatic heterocycles. The van der Waals surface area contributed by atoms with E-state index in [2.05, 4.69) is 56.1 Å². The van der Waals surface area contributed by atoms with Gasteiger partial charge < -0.3 is 20.9 Å². The molecule has 0 bridgehead atoms. The minimum absolute atomic E-state index is 0.0887. The van der Waals surface area contributed by atoms with Gasteiger partial charge in [-0.3, -0.25) is 4.79 Å². The minimum Gasteiger partial charge on any atom is -0.397 e. The Morgan fingerprint density at radius 2 is 1.96 bits per heavy atom. The lowest BCUT2D eigenvalue weighted by Gasteiger charge is -2.28. The summed E-state index contributed by atoms with van der Waals surface area (Å²) in [6, 6.07) is 0. The van der Waals surface area contributed by atoms with Crippen LogP contribution < -0.4 is 11.1 Å². The fourth-order valence-corrected chi connectivity index (χ4v) is 2.71. The van der Waals surface area contributed by atoms with E-state index in [-0.39, 0.29) is 5.91 Å². The maximum atomic E-state index is 11.6. The first-order valence-electron chi connectivity index (χ1n) is 9.85. The second-order valence-electron chi connectivity index (χ2n) is 8.42. The van der Waals surface area contributed by atoms with Crippen molar-refractivity contribution in [3.8, 4) is 0 Å². The molecule has 0 heterocycles. The Balaban J connectivity index is 2.66. The van der Waals surface area contributed by atoms with Gasteiger partial charge in [-0.05, 0) is 50.1 Å². The predicted molar refractivity (Wildman–Crippen MR) is 115 cm³/mol. The van der Waals surface area contributed by atoms with Crippen molar-refractivity contribution in [3.05, 3.63) is 47.3 Å². The van der Waals surface area contributed by atoms with Gasteiger partial charge in [0.2, 0.25) is 5.91 Å². The third kappa shape index (κ3) is 9.48. The van der Waals surface area contributed by atoms with E-state index in [1.807, 2.05) is 19.1 Å². The first-order valence-corrected chi connectivity index (χ1v) is 9.85. The molecule has 1 aliphatic carbocycles.